The van der Waals surface area contributed by atoms with Crippen LogP contribution in [0.25, 0.3) is 0 Å². The van der Waals surface area contributed by atoms with E-state index in [2.05, 4.69) is 10.6 Å². The minimum Gasteiger partial charge on any atom is -0.497 e. The molecule has 0 heterocycles. The molecule has 132 valence electrons. The maximum Gasteiger partial charge on any atom is 0.338 e. The van der Waals surface area contributed by atoms with Gasteiger partial charge in [0, 0.05) is 12.6 Å². The van der Waals surface area contributed by atoms with E-state index < -0.39 is 24.5 Å². The molecule has 0 bridgehead atoms. The number of rotatable bonds is 8. The topological polar surface area (TPSA) is 103 Å². The van der Waals surface area contributed by atoms with E-state index in [1.54, 1.807) is 13.0 Å². The molecule has 0 spiro atoms. The van der Waals surface area contributed by atoms with Gasteiger partial charge in [-0.3, -0.25) is 9.59 Å². The molecule has 0 aliphatic rings. The molecule has 1 rings (SSSR count). The average Bonchev–Trinajstić information content (AvgIpc) is 2.59. The summed E-state index contributed by atoms with van der Waals surface area (Å²) in [6.07, 6.45) is 0. The van der Waals surface area contributed by atoms with Gasteiger partial charge in [-0.05, 0) is 26.0 Å². The van der Waals surface area contributed by atoms with Crippen LogP contribution in [0, 0.1) is 0 Å². The monoisotopic (exact) mass is 338 g/mol. The first kappa shape index (κ1) is 19.3. The highest BCUT2D eigenvalue weighted by Gasteiger charge is 2.17. The molecule has 1 atom stereocenters. The van der Waals surface area contributed by atoms with Crippen molar-refractivity contribution in [3.05, 3.63) is 23.8 Å². The van der Waals surface area contributed by atoms with Crippen molar-refractivity contribution in [3.8, 4) is 11.5 Å². The van der Waals surface area contributed by atoms with Crippen molar-refractivity contribution in [2.45, 2.75) is 19.9 Å². The summed E-state index contributed by atoms with van der Waals surface area (Å²) in [5, 5.41) is 5.02. The summed E-state index contributed by atoms with van der Waals surface area (Å²) in [7, 11) is 2.92. The van der Waals surface area contributed by atoms with Gasteiger partial charge in [0.1, 0.15) is 17.5 Å². The Labute approximate surface area is 140 Å². The van der Waals surface area contributed by atoms with E-state index in [-0.39, 0.29) is 11.5 Å². The summed E-state index contributed by atoms with van der Waals surface area (Å²) in [5.41, 5.74) is 0.191. The molecule has 8 heteroatoms. The lowest BCUT2D eigenvalue weighted by atomic mass is 10.2. The van der Waals surface area contributed by atoms with E-state index >= 15 is 0 Å². The van der Waals surface area contributed by atoms with Gasteiger partial charge in [0.2, 0.25) is 5.91 Å². The number of benzene rings is 1. The van der Waals surface area contributed by atoms with Crippen molar-refractivity contribution < 1.29 is 28.6 Å². The first-order valence-electron chi connectivity index (χ1n) is 7.38. The predicted octanol–water partition coefficient (Wildman–Crippen LogP) is 0.501. The van der Waals surface area contributed by atoms with Crippen LogP contribution in [0.4, 0.5) is 0 Å². The Balaban J connectivity index is 2.59. The zero-order chi connectivity index (χ0) is 18.1. The van der Waals surface area contributed by atoms with Crippen LogP contribution in [0.1, 0.15) is 24.2 Å². The standard InChI is InChI=1S/C16H22N2O6/c1-5-17-15(20)10(2)18-14(19)9-24-16(21)11-6-12(22-3)8-13(7-11)23-4/h6-8,10H,5,9H2,1-4H3,(H,17,20)(H,18,19)/t10-/m1/s1. The van der Waals surface area contributed by atoms with Gasteiger partial charge in [-0.15, -0.1) is 0 Å². The normalized spacial score (nSPS) is 11.2. The van der Waals surface area contributed by atoms with Crippen LogP contribution >= 0.6 is 0 Å². The Morgan fingerprint density at radius 1 is 1.08 bits per heavy atom. The SMILES string of the molecule is CCNC(=O)[C@@H](C)NC(=O)COC(=O)c1cc(OC)cc(OC)c1. The van der Waals surface area contributed by atoms with Crippen LogP contribution < -0.4 is 20.1 Å². The van der Waals surface area contributed by atoms with Gasteiger partial charge < -0.3 is 24.8 Å². The first-order chi connectivity index (χ1) is 11.4. The number of carbonyl (C=O) groups is 3. The number of hydrogen-bond donors (Lipinski definition) is 2. The molecule has 2 N–H and O–H groups in total. The summed E-state index contributed by atoms with van der Waals surface area (Å²) in [6, 6.07) is 3.84. The summed E-state index contributed by atoms with van der Waals surface area (Å²) in [6.45, 7) is 3.28. The van der Waals surface area contributed by atoms with E-state index in [9.17, 15) is 14.4 Å². The largest absolute Gasteiger partial charge is 0.497 e. The Hall–Kier alpha value is -2.77. The molecule has 0 saturated carbocycles. The highest BCUT2D eigenvalue weighted by Crippen LogP contribution is 2.22. The fourth-order valence-electron chi connectivity index (χ4n) is 1.82. The predicted molar refractivity (Wildman–Crippen MR) is 86.1 cm³/mol. The van der Waals surface area contributed by atoms with Crippen LogP contribution in [-0.4, -0.2) is 51.2 Å². The average molecular weight is 338 g/mol. The molecule has 0 radical (unpaired) electrons. The number of hydrogen-bond acceptors (Lipinski definition) is 6. The molecule has 2 amide bonds. The highest BCUT2D eigenvalue weighted by molar-refractivity contribution is 5.93. The van der Waals surface area contributed by atoms with Gasteiger partial charge in [-0.2, -0.15) is 0 Å². The highest BCUT2D eigenvalue weighted by atomic mass is 16.5. The molecule has 0 fully saturated rings. The molecule has 0 unspecified atom stereocenters. The molecule has 0 saturated heterocycles. The number of amides is 2. The van der Waals surface area contributed by atoms with Crippen molar-refractivity contribution >= 4 is 17.8 Å². The zero-order valence-corrected chi connectivity index (χ0v) is 14.2. The van der Waals surface area contributed by atoms with E-state index in [1.807, 2.05) is 0 Å². The van der Waals surface area contributed by atoms with Crippen LogP contribution in [-0.2, 0) is 14.3 Å². The Morgan fingerprint density at radius 2 is 1.67 bits per heavy atom. The van der Waals surface area contributed by atoms with Crippen molar-refractivity contribution in [3.63, 3.8) is 0 Å². The first-order valence-corrected chi connectivity index (χ1v) is 7.38. The van der Waals surface area contributed by atoms with Gasteiger partial charge in [-0.25, -0.2) is 4.79 Å². The lowest BCUT2D eigenvalue weighted by Gasteiger charge is -2.13. The molecule has 0 aromatic heterocycles. The van der Waals surface area contributed by atoms with Crippen molar-refractivity contribution in [1.29, 1.82) is 0 Å². The van der Waals surface area contributed by atoms with Gasteiger partial charge in [-0.1, -0.05) is 0 Å². The third kappa shape index (κ3) is 5.79. The molecule has 1 aromatic rings. The molecule has 0 aliphatic carbocycles. The van der Waals surface area contributed by atoms with Crippen molar-refractivity contribution in [2.24, 2.45) is 0 Å². The molecule has 1 aromatic carbocycles. The number of likely N-dealkylation sites (N-methyl/N-ethyl adjacent to an activating group) is 1. The molecule has 24 heavy (non-hydrogen) atoms. The third-order valence-corrected chi connectivity index (χ3v) is 3.04. The van der Waals surface area contributed by atoms with Crippen molar-refractivity contribution in [1.82, 2.24) is 10.6 Å². The zero-order valence-electron chi connectivity index (χ0n) is 14.2. The second-order valence-corrected chi connectivity index (χ2v) is 4.86. The Bertz CT molecular complexity index is 580. The van der Waals surface area contributed by atoms with E-state index in [0.29, 0.717) is 18.0 Å². The number of carbonyl (C=O) groups excluding carboxylic acids is 3. The maximum absolute atomic E-state index is 12.0. The minimum absolute atomic E-state index is 0.191. The quantitative estimate of drug-likeness (QED) is 0.669. The van der Waals surface area contributed by atoms with Gasteiger partial charge in [0.05, 0.1) is 19.8 Å². The Morgan fingerprint density at radius 3 is 2.17 bits per heavy atom. The van der Waals surface area contributed by atoms with E-state index in [0.717, 1.165) is 0 Å². The molecular weight excluding hydrogens is 316 g/mol. The van der Waals surface area contributed by atoms with Crippen LogP contribution in [0.5, 0.6) is 11.5 Å². The number of ether oxygens (including phenoxy) is 3. The lowest BCUT2D eigenvalue weighted by molar-refractivity contribution is -0.130. The number of methoxy groups -OCH3 is 2. The summed E-state index contributed by atoms with van der Waals surface area (Å²) in [4.78, 5) is 35.3. The summed E-state index contributed by atoms with van der Waals surface area (Å²) >= 11 is 0. The fraction of sp³-hybridized carbons (Fsp3) is 0.438. The summed E-state index contributed by atoms with van der Waals surface area (Å²) in [5.74, 6) is -0.731. The third-order valence-electron chi connectivity index (χ3n) is 3.04. The molecule has 0 aliphatic heterocycles. The van der Waals surface area contributed by atoms with E-state index in [1.165, 1.54) is 33.3 Å². The van der Waals surface area contributed by atoms with Crippen LogP contribution in [0.2, 0.25) is 0 Å². The minimum atomic E-state index is -0.715. The number of esters is 1. The smallest absolute Gasteiger partial charge is 0.338 e. The summed E-state index contributed by atoms with van der Waals surface area (Å²) < 4.78 is 15.1. The van der Waals surface area contributed by atoms with Gasteiger partial charge in [0.25, 0.3) is 5.91 Å². The van der Waals surface area contributed by atoms with Gasteiger partial charge in [0.15, 0.2) is 6.61 Å². The molecular formula is C16H22N2O6. The second kappa shape index (κ2) is 9.39. The maximum atomic E-state index is 12.0. The molecule has 8 nitrogen and oxygen atoms in total. The van der Waals surface area contributed by atoms with E-state index in [4.69, 9.17) is 14.2 Å². The number of nitrogens with one attached hydrogen (secondary N) is 2. The van der Waals surface area contributed by atoms with Crippen LogP contribution in [0.15, 0.2) is 18.2 Å². The van der Waals surface area contributed by atoms with Crippen LogP contribution in [0.3, 0.4) is 0 Å². The Kier molecular flexibility index (Phi) is 7.54. The van der Waals surface area contributed by atoms with Gasteiger partial charge >= 0.3 is 5.97 Å². The van der Waals surface area contributed by atoms with Crippen molar-refractivity contribution in [2.75, 3.05) is 27.4 Å². The second-order valence-electron chi connectivity index (χ2n) is 4.86. The fourth-order valence-corrected chi connectivity index (χ4v) is 1.82. The lowest BCUT2D eigenvalue weighted by Crippen LogP contribution is -2.46.